The monoisotopic (exact) mass is 528 g/mol. The summed E-state index contributed by atoms with van der Waals surface area (Å²) in [5.74, 6) is -0.731. The Labute approximate surface area is 233 Å². The van der Waals surface area contributed by atoms with Gasteiger partial charge in [-0.25, -0.2) is 8.78 Å². The van der Waals surface area contributed by atoms with Crippen molar-refractivity contribution in [2.24, 2.45) is 0 Å². The zero-order valence-corrected chi connectivity index (χ0v) is 23.5. The third-order valence-electron chi connectivity index (χ3n) is 7.72. The minimum Gasteiger partial charge on any atom is -0.367 e. The Bertz CT molecular complexity index is 1210. The largest absolute Gasteiger partial charge is 0.367 e. The van der Waals surface area contributed by atoms with E-state index in [1.54, 1.807) is 12.2 Å². The minimum atomic E-state index is -1.80. The van der Waals surface area contributed by atoms with Crippen LogP contribution in [0.2, 0.25) is 0 Å². The molecule has 0 bridgehead atoms. The molecular formula is C36H42F2O. The molecule has 0 spiro atoms. The number of rotatable bonds is 14. The first-order valence-electron chi connectivity index (χ1n) is 14.7. The molecular weight excluding hydrogens is 486 g/mol. The van der Waals surface area contributed by atoms with Crippen molar-refractivity contribution in [3.8, 4) is 22.3 Å². The minimum absolute atomic E-state index is 0.305. The van der Waals surface area contributed by atoms with Gasteiger partial charge in [-0.15, -0.1) is 0 Å². The van der Waals surface area contributed by atoms with E-state index in [4.69, 9.17) is 4.74 Å². The number of benzene rings is 3. The van der Waals surface area contributed by atoms with Crippen LogP contribution in [-0.2, 0) is 4.74 Å². The van der Waals surface area contributed by atoms with E-state index in [-0.39, 0.29) is 0 Å². The smallest absolute Gasteiger partial charge is 0.184 e. The first-order valence-corrected chi connectivity index (χ1v) is 14.7. The molecule has 3 heteroatoms. The van der Waals surface area contributed by atoms with Crippen molar-refractivity contribution in [2.45, 2.75) is 83.4 Å². The normalized spacial score (nSPS) is 19.0. The molecule has 1 nitrogen and oxygen atoms in total. The van der Waals surface area contributed by atoms with E-state index >= 15 is 8.78 Å². The third kappa shape index (κ3) is 7.33. The number of ether oxygens (including phenoxy) is 1. The summed E-state index contributed by atoms with van der Waals surface area (Å²) >= 11 is 0. The predicted molar refractivity (Wildman–Crippen MR) is 161 cm³/mol. The Morgan fingerprint density at radius 1 is 0.641 bits per heavy atom. The first kappa shape index (κ1) is 29.0. The van der Waals surface area contributed by atoms with Gasteiger partial charge in [-0.3, -0.25) is 0 Å². The second-order valence-electron chi connectivity index (χ2n) is 10.7. The van der Waals surface area contributed by atoms with Crippen molar-refractivity contribution in [1.29, 1.82) is 0 Å². The molecule has 2 unspecified atom stereocenters. The number of hydrogen-bond acceptors (Lipinski definition) is 1. The average molecular weight is 529 g/mol. The molecule has 0 saturated carbocycles. The van der Waals surface area contributed by atoms with Crippen LogP contribution in [0.25, 0.3) is 27.8 Å². The van der Waals surface area contributed by atoms with Crippen molar-refractivity contribution in [2.75, 3.05) is 6.61 Å². The molecule has 3 aromatic carbocycles. The fourth-order valence-corrected chi connectivity index (χ4v) is 5.42. The SMILES string of the molecule is CCCCCCCCCOC1(CCC)C=CC(c2ccc(-c3ccc(-c4ccccc4)cc3)cc2)=C(F)C1F. The number of unbranched alkanes of at least 4 members (excludes halogenated alkanes) is 6. The van der Waals surface area contributed by atoms with Gasteiger partial charge in [0.2, 0.25) is 0 Å². The van der Waals surface area contributed by atoms with Gasteiger partial charge >= 0.3 is 0 Å². The maximum atomic E-state index is 15.6. The van der Waals surface area contributed by atoms with Gasteiger partial charge in [0.25, 0.3) is 0 Å². The highest BCUT2D eigenvalue weighted by molar-refractivity contribution is 5.80. The van der Waals surface area contributed by atoms with Gasteiger partial charge in [0, 0.05) is 12.2 Å². The lowest BCUT2D eigenvalue weighted by atomic mass is 9.83. The van der Waals surface area contributed by atoms with Gasteiger partial charge in [-0.05, 0) is 46.7 Å². The topological polar surface area (TPSA) is 9.23 Å². The maximum absolute atomic E-state index is 15.6. The summed E-state index contributed by atoms with van der Waals surface area (Å²) in [7, 11) is 0. The second kappa shape index (κ2) is 14.4. The van der Waals surface area contributed by atoms with E-state index in [0.717, 1.165) is 36.0 Å². The van der Waals surface area contributed by atoms with Crippen molar-refractivity contribution in [3.63, 3.8) is 0 Å². The molecule has 0 amide bonds. The van der Waals surface area contributed by atoms with Crippen LogP contribution in [0.4, 0.5) is 8.78 Å². The molecule has 0 heterocycles. The van der Waals surface area contributed by atoms with E-state index in [0.29, 0.717) is 24.2 Å². The zero-order chi connectivity index (χ0) is 27.5. The van der Waals surface area contributed by atoms with E-state index in [9.17, 15) is 0 Å². The Balaban J connectivity index is 1.40. The summed E-state index contributed by atoms with van der Waals surface area (Å²) in [5.41, 5.74) is 4.22. The Morgan fingerprint density at radius 2 is 1.15 bits per heavy atom. The van der Waals surface area contributed by atoms with Gasteiger partial charge in [-0.1, -0.05) is 144 Å². The van der Waals surface area contributed by atoms with Crippen molar-refractivity contribution >= 4 is 5.57 Å². The molecule has 206 valence electrons. The van der Waals surface area contributed by atoms with Crippen molar-refractivity contribution < 1.29 is 13.5 Å². The molecule has 4 rings (SSSR count). The lowest BCUT2D eigenvalue weighted by Gasteiger charge is -2.36. The van der Waals surface area contributed by atoms with Gasteiger partial charge in [-0.2, -0.15) is 0 Å². The summed E-state index contributed by atoms with van der Waals surface area (Å²) < 4.78 is 37.2. The van der Waals surface area contributed by atoms with Crippen LogP contribution in [-0.4, -0.2) is 18.4 Å². The van der Waals surface area contributed by atoms with Crippen molar-refractivity contribution in [3.05, 3.63) is 102 Å². The number of halogens is 2. The molecule has 3 aromatic rings. The van der Waals surface area contributed by atoms with Gasteiger partial charge < -0.3 is 4.74 Å². The van der Waals surface area contributed by atoms with Crippen LogP contribution in [0, 0.1) is 0 Å². The van der Waals surface area contributed by atoms with Gasteiger partial charge in [0.1, 0.15) is 11.4 Å². The third-order valence-corrected chi connectivity index (χ3v) is 7.72. The summed E-state index contributed by atoms with van der Waals surface area (Å²) in [4.78, 5) is 0. The van der Waals surface area contributed by atoms with Gasteiger partial charge in [0.05, 0.1) is 0 Å². The highest BCUT2D eigenvalue weighted by atomic mass is 19.2. The Hall–Kier alpha value is -3.04. The number of hydrogen-bond donors (Lipinski definition) is 0. The van der Waals surface area contributed by atoms with E-state index in [2.05, 4.69) is 43.3 Å². The van der Waals surface area contributed by atoms with Crippen LogP contribution < -0.4 is 0 Å². The molecule has 0 saturated heterocycles. The highest BCUT2D eigenvalue weighted by Crippen LogP contribution is 2.41. The average Bonchev–Trinajstić information content (AvgIpc) is 2.98. The Kier molecular flexibility index (Phi) is 10.7. The fourth-order valence-electron chi connectivity index (χ4n) is 5.42. The van der Waals surface area contributed by atoms with E-state index < -0.39 is 17.6 Å². The molecule has 0 fully saturated rings. The molecule has 0 N–H and O–H groups in total. The highest BCUT2D eigenvalue weighted by Gasteiger charge is 2.43. The Morgan fingerprint density at radius 3 is 1.72 bits per heavy atom. The lowest BCUT2D eigenvalue weighted by Crippen LogP contribution is -2.43. The molecule has 1 aliphatic rings. The maximum Gasteiger partial charge on any atom is 0.184 e. The summed E-state index contributed by atoms with van der Waals surface area (Å²) in [6, 6.07) is 26.4. The fraction of sp³-hybridized carbons (Fsp3) is 0.389. The molecule has 39 heavy (non-hydrogen) atoms. The van der Waals surface area contributed by atoms with Gasteiger partial charge in [0.15, 0.2) is 6.17 Å². The quantitative estimate of drug-likeness (QED) is 0.189. The molecule has 0 aliphatic heterocycles. The summed E-state index contributed by atoms with van der Waals surface area (Å²) in [6.45, 7) is 4.66. The standard InChI is InChI=1S/C36H42F2O/c1-3-5-6-7-8-9-13-27-39-36(25-4-2)26-24-33(34(37)35(36)38)32-22-20-31(21-23-32)30-18-16-29(17-19-30)28-14-11-10-12-15-28/h10-12,14-24,26,35H,3-9,13,25,27H2,1-2H3. The van der Waals surface area contributed by atoms with Crippen LogP contribution in [0.3, 0.4) is 0 Å². The molecule has 0 radical (unpaired) electrons. The van der Waals surface area contributed by atoms with Crippen LogP contribution in [0.5, 0.6) is 0 Å². The molecule has 2 atom stereocenters. The second-order valence-corrected chi connectivity index (χ2v) is 10.7. The number of alkyl halides is 1. The summed E-state index contributed by atoms with van der Waals surface area (Å²) in [6.07, 6.45) is 11.0. The molecule has 0 aromatic heterocycles. The summed E-state index contributed by atoms with van der Waals surface area (Å²) in [5, 5.41) is 0. The predicted octanol–water partition coefficient (Wildman–Crippen LogP) is 10.9. The van der Waals surface area contributed by atoms with Crippen LogP contribution >= 0.6 is 0 Å². The van der Waals surface area contributed by atoms with Crippen LogP contribution in [0.15, 0.2) is 96.8 Å². The van der Waals surface area contributed by atoms with E-state index in [1.807, 2.05) is 49.4 Å². The van der Waals surface area contributed by atoms with Crippen LogP contribution in [0.1, 0.15) is 77.2 Å². The molecule has 1 aliphatic carbocycles. The van der Waals surface area contributed by atoms with E-state index in [1.165, 1.54) is 37.7 Å². The zero-order valence-electron chi connectivity index (χ0n) is 23.5. The first-order chi connectivity index (χ1) is 19.1. The number of allylic oxidation sites excluding steroid dienone is 2. The van der Waals surface area contributed by atoms with Crippen molar-refractivity contribution in [1.82, 2.24) is 0 Å². The lowest BCUT2D eigenvalue weighted by molar-refractivity contribution is -0.0642.